The Bertz CT molecular complexity index is 496. The van der Waals surface area contributed by atoms with E-state index in [1.807, 2.05) is 29.2 Å². The van der Waals surface area contributed by atoms with Crippen molar-refractivity contribution in [3.05, 3.63) is 29.3 Å². The van der Waals surface area contributed by atoms with Gasteiger partial charge in [0, 0.05) is 33.0 Å². The van der Waals surface area contributed by atoms with Crippen LogP contribution in [0.25, 0.3) is 0 Å². The first-order valence-electron chi connectivity index (χ1n) is 7.20. The van der Waals surface area contributed by atoms with Gasteiger partial charge in [-0.15, -0.1) is 0 Å². The van der Waals surface area contributed by atoms with Crippen molar-refractivity contribution in [1.82, 2.24) is 4.90 Å². The molecule has 0 saturated carbocycles. The Kier molecular flexibility index (Phi) is 5.12. The lowest BCUT2D eigenvalue weighted by Crippen LogP contribution is -2.50. The van der Waals surface area contributed by atoms with Crippen LogP contribution in [0.3, 0.4) is 0 Å². The summed E-state index contributed by atoms with van der Waals surface area (Å²) in [4.78, 5) is 14.2. The van der Waals surface area contributed by atoms with E-state index in [9.17, 15) is 4.79 Å². The van der Waals surface area contributed by atoms with Crippen LogP contribution >= 0.6 is 11.6 Å². The second kappa shape index (κ2) is 6.67. The maximum absolute atomic E-state index is 12.3. The molecule has 5 heteroatoms. The Balaban J connectivity index is 1.89. The van der Waals surface area contributed by atoms with Crippen LogP contribution in [-0.4, -0.2) is 42.7 Å². The lowest BCUT2D eigenvalue weighted by molar-refractivity contribution is -0.152. The molecule has 1 heterocycles. The molecule has 1 aliphatic heterocycles. The number of para-hydroxylation sites is 1. The van der Waals surface area contributed by atoms with E-state index in [2.05, 4.69) is 0 Å². The van der Waals surface area contributed by atoms with Crippen molar-refractivity contribution in [1.29, 1.82) is 0 Å². The van der Waals surface area contributed by atoms with Gasteiger partial charge in [-0.05, 0) is 26.0 Å². The number of carbonyl (C=O) groups is 1. The zero-order chi connectivity index (χ0) is 15.5. The minimum absolute atomic E-state index is 0.0289. The molecule has 0 N–H and O–H groups in total. The summed E-state index contributed by atoms with van der Waals surface area (Å²) >= 11 is 6.10. The summed E-state index contributed by atoms with van der Waals surface area (Å²) in [5.41, 5.74) is -0.767. The van der Waals surface area contributed by atoms with Crippen LogP contribution in [0.4, 0.5) is 0 Å². The number of hydrogen-bond donors (Lipinski definition) is 0. The van der Waals surface area contributed by atoms with Gasteiger partial charge in [-0.25, -0.2) is 0 Å². The molecule has 0 aliphatic carbocycles. The second-order valence-electron chi connectivity index (χ2n) is 5.75. The summed E-state index contributed by atoms with van der Waals surface area (Å²) in [5.74, 6) is 0.738. The summed E-state index contributed by atoms with van der Waals surface area (Å²) in [6.45, 7) is 4.95. The summed E-state index contributed by atoms with van der Waals surface area (Å²) in [7, 11) is 1.56. The van der Waals surface area contributed by atoms with Gasteiger partial charge >= 0.3 is 0 Å². The van der Waals surface area contributed by atoms with Gasteiger partial charge in [-0.2, -0.15) is 0 Å². The van der Waals surface area contributed by atoms with E-state index in [1.165, 1.54) is 0 Å². The fraction of sp³-hybridized carbons (Fsp3) is 0.562. The van der Waals surface area contributed by atoms with Gasteiger partial charge in [-0.3, -0.25) is 4.79 Å². The van der Waals surface area contributed by atoms with Crippen molar-refractivity contribution in [2.45, 2.75) is 38.4 Å². The minimum Gasteiger partial charge on any atom is -0.489 e. The van der Waals surface area contributed by atoms with Gasteiger partial charge in [0.2, 0.25) is 0 Å². The fourth-order valence-corrected chi connectivity index (χ4v) is 2.54. The summed E-state index contributed by atoms with van der Waals surface area (Å²) < 4.78 is 11.2. The first-order valence-corrected chi connectivity index (χ1v) is 7.57. The Morgan fingerprint density at radius 1 is 1.29 bits per heavy atom. The van der Waals surface area contributed by atoms with Crippen LogP contribution < -0.4 is 4.74 Å². The number of halogens is 1. The average molecular weight is 312 g/mol. The van der Waals surface area contributed by atoms with E-state index in [1.54, 1.807) is 21.0 Å². The SMILES string of the molecule is COC(C)(C)C(=O)N1CCC(Oc2ccccc2Cl)CC1. The molecular weight excluding hydrogens is 290 g/mol. The molecule has 0 unspecified atom stereocenters. The van der Waals surface area contributed by atoms with E-state index >= 15 is 0 Å². The molecule has 1 saturated heterocycles. The lowest BCUT2D eigenvalue weighted by Gasteiger charge is -2.36. The molecule has 1 amide bonds. The molecule has 0 spiro atoms. The Hall–Kier alpha value is -1.26. The number of nitrogens with zero attached hydrogens (tertiary/aromatic N) is 1. The highest BCUT2D eigenvalue weighted by Crippen LogP contribution is 2.27. The highest BCUT2D eigenvalue weighted by Gasteiger charge is 2.34. The van der Waals surface area contributed by atoms with E-state index in [-0.39, 0.29) is 12.0 Å². The quantitative estimate of drug-likeness (QED) is 0.857. The van der Waals surface area contributed by atoms with Crippen molar-refractivity contribution in [2.75, 3.05) is 20.2 Å². The number of amides is 1. The van der Waals surface area contributed by atoms with Gasteiger partial charge in [0.05, 0.1) is 5.02 Å². The summed E-state index contributed by atoms with van der Waals surface area (Å²) in [6, 6.07) is 7.47. The molecule has 21 heavy (non-hydrogen) atoms. The zero-order valence-corrected chi connectivity index (χ0v) is 13.5. The monoisotopic (exact) mass is 311 g/mol. The van der Waals surface area contributed by atoms with Crippen LogP contribution in [0.2, 0.25) is 5.02 Å². The van der Waals surface area contributed by atoms with Gasteiger partial charge in [0.15, 0.2) is 0 Å². The maximum Gasteiger partial charge on any atom is 0.254 e. The minimum atomic E-state index is -0.767. The molecule has 4 nitrogen and oxygen atoms in total. The molecule has 2 rings (SSSR count). The first-order chi connectivity index (χ1) is 9.94. The van der Waals surface area contributed by atoms with Crippen LogP contribution in [-0.2, 0) is 9.53 Å². The third-order valence-corrected chi connectivity index (χ3v) is 4.20. The van der Waals surface area contributed by atoms with E-state index in [0.29, 0.717) is 23.9 Å². The number of piperidine rings is 1. The molecule has 1 fully saturated rings. The normalized spacial score (nSPS) is 16.9. The van der Waals surface area contributed by atoms with Gasteiger partial charge < -0.3 is 14.4 Å². The maximum atomic E-state index is 12.3. The van der Waals surface area contributed by atoms with Crippen molar-refractivity contribution in [3.63, 3.8) is 0 Å². The molecule has 116 valence electrons. The van der Waals surface area contributed by atoms with Gasteiger partial charge in [0.25, 0.3) is 5.91 Å². The fourth-order valence-electron chi connectivity index (χ4n) is 2.36. The van der Waals surface area contributed by atoms with Crippen molar-refractivity contribution < 1.29 is 14.3 Å². The highest BCUT2D eigenvalue weighted by atomic mass is 35.5. The smallest absolute Gasteiger partial charge is 0.254 e. The molecule has 1 aromatic rings. The number of ether oxygens (including phenoxy) is 2. The number of likely N-dealkylation sites (tertiary alicyclic amines) is 1. The number of hydrogen-bond acceptors (Lipinski definition) is 3. The van der Waals surface area contributed by atoms with Crippen molar-refractivity contribution in [2.24, 2.45) is 0 Å². The Morgan fingerprint density at radius 3 is 2.48 bits per heavy atom. The topological polar surface area (TPSA) is 38.8 Å². The van der Waals surface area contributed by atoms with Gasteiger partial charge in [0.1, 0.15) is 17.5 Å². The van der Waals surface area contributed by atoms with Gasteiger partial charge in [-0.1, -0.05) is 23.7 Å². The van der Waals surface area contributed by atoms with E-state index < -0.39 is 5.60 Å². The van der Waals surface area contributed by atoms with Crippen molar-refractivity contribution >= 4 is 17.5 Å². The molecule has 0 atom stereocenters. The third kappa shape index (κ3) is 3.89. The second-order valence-corrected chi connectivity index (χ2v) is 6.16. The van der Waals surface area contributed by atoms with Crippen LogP contribution in [0, 0.1) is 0 Å². The van der Waals surface area contributed by atoms with Crippen LogP contribution in [0.1, 0.15) is 26.7 Å². The zero-order valence-electron chi connectivity index (χ0n) is 12.8. The van der Waals surface area contributed by atoms with E-state index in [4.69, 9.17) is 21.1 Å². The standard InChI is InChI=1S/C16H22ClNO3/c1-16(2,20-3)15(19)18-10-8-12(9-11-18)21-14-7-5-4-6-13(14)17/h4-7,12H,8-11H2,1-3H3. The summed E-state index contributed by atoms with van der Waals surface area (Å²) in [5, 5.41) is 0.622. The van der Waals surface area contributed by atoms with Crippen molar-refractivity contribution in [3.8, 4) is 5.75 Å². The third-order valence-electron chi connectivity index (χ3n) is 3.88. The molecule has 0 radical (unpaired) electrons. The van der Waals surface area contributed by atoms with Crippen LogP contribution in [0.5, 0.6) is 5.75 Å². The largest absolute Gasteiger partial charge is 0.489 e. The predicted octanol–water partition coefficient (Wildman–Crippen LogP) is 3.13. The number of rotatable bonds is 4. The molecular formula is C16H22ClNO3. The molecule has 0 aromatic heterocycles. The molecule has 1 aliphatic rings. The molecule has 0 bridgehead atoms. The predicted molar refractivity (Wildman–Crippen MR) is 82.8 cm³/mol. The lowest BCUT2D eigenvalue weighted by atomic mass is 10.0. The van der Waals surface area contributed by atoms with E-state index in [0.717, 1.165) is 12.8 Å². The number of methoxy groups -OCH3 is 1. The van der Waals surface area contributed by atoms with Crippen LogP contribution in [0.15, 0.2) is 24.3 Å². The Labute approximate surface area is 131 Å². The number of carbonyl (C=O) groups excluding carboxylic acids is 1. The Morgan fingerprint density at radius 2 is 1.90 bits per heavy atom. The molecule has 1 aromatic carbocycles. The summed E-state index contributed by atoms with van der Waals surface area (Å²) in [6.07, 6.45) is 1.70. The first kappa shape index (κ1) is 16.1. The number of benzene rings is 1. The highest BCUT2D eigenvalue weighted by molar-refractivity contribution is 6.32. The average Bonchev–Trinajstić information content (AvgIpc) is 2.49.